The molecule has 0 aliphatic carbocycles. The fourth-order valence-corrected chi connectivity index (χ4v) is 3.21. The summed E-state index contributed by atoms with van der Waals surface area (Å²) in [5.74, 6) is -0.561. The van der Waals surface area contributed by atoms with Gasteiger partial charge in [-0.1, -0.05) is 45.1 Å². The van der Waals surface area contributed by atoms with E-state index in [-0.39, 0.29) is 23.9 Å². The fraction of sp³-hybridized carbons (Fsp3) is 0.765. The molecule has 0 aromatic rings. The number of aliphatic hydroxyl groups is 1. The molecule has 5 heteroatoms. The molecule has 4 nitrogen and oxygen atoms in total. The van der Waals surface area contributed by atoms with Gasteiger partial charge in [0, 0.05) is 0 Å². The second-order valence-corrected chi connectivity index (χ2v) is 12.5. The van der Waals surface area contributed by atoms with Crippen LogP contribution >= 0.6 is 0 Å². The fourth-order valence-electron chi connectivity index (χ4n) is 1.95. The predicted octanol–water partition coefficient (Wildman–Crippen LogP) is 3.63. The molecule has 0 bridgehead atoms. The number of aliphatic hydroxyl groups excluding tert-OH is 1. The van der Waals surface area contributed by atoms with Crippen LogP contribution in [0.25, 0.3) is 0 Å². The zero-order valence-corrected chi connectivity index (χ0v) is 16.1. The summed E-state index contributed by atoms with van der Waals surface area (Å²) in [5.41, 5.74) is 0. The van der Waals surface area contributed by atoms with Crippen LogP contribution in [0.5, 0.6) is 0 Å². The Bertz CT molecular complexity index is 407. The molecule has 0 saturated carbocycles. The summed E-state index contributed by atoms with van der Waals surface area (Å²) in [7, 11) is -1.91. The van der Waals surface area contributed by atoms with E-state index in [9.17, 15) is 0 Å². The number of hydrogen-bond donors (Lipinski definition) is 1. The standard InChI is InChI=1S/C17H32O4Si/c1-16(2,3)22(6,7)21-14(11-9-8-10-12-18)15-13-19-17(4,5)20-15/h8-11,14-15,18H,12-13H2,1-7H3/b10-8+,11-9+/t14-,15+/m0/s1. The Kier molecular flexibility index (Phi) is 6.59. The Labute approximate surface area is 136 Å². The first-order valence-electron chi connectivity index (χ1n) is 7.92. The summed E-state index contributed by atoms with van der Waals surface area (Å²) in [5, 5.41) is 8.95. The van der Waals surface area contributed by atoms with Crippen LogP contribution < -0.4 is 0 Å². The summed E-state index contributed by atoms with van der Waals surface area (Å²) in [6.07, 6.45) is 7.16. The highest BCUT2D eigenvalue weighted by Gasteiger charge is 2.43. The van der Waals surface area contributed by atoms with Gasteiger partial charge >= 0.3 is 0 Å². The first kappa shape index (κ1) is 19.6. The summed E-state index contributed by atoms with van der Waals surface area (Å²) in [4.78, 5) is 0. The van der Waals surface area contributed by atoms with Gasteiger partial charge in [0.05, 0.1) is 19.3 Å². The maximum atomic E-state index is 8.81. The topological polar surface area (TPSA) is 47.9 Å². The van der Waals surface area contributed by atoms with Gasteiger partial charge in [-0.15, -0.1) is 0 Å². The summed E-state index contributed by atoms with van der Waals surface area (Å²) in [6.45, 7) is 15.5. The van der Waals surface area contributed by atoms with Gasteiger partial charge in [-0.25, -0.2) is 0 Å². The van der Waals surface area contributed by atoms with Crippen molar-refractivity contribution in [3.8, 4) is 0 Å². The molecular formula is C17H32O4Si. The molecule has 1 aliphatic rings. The van der Waals surface area contributed by atoms with E-state index < -0.39 is 14.1 Å². The quantitative estimate of drug-likeness (QED) is 0.597. The predicted molar refractivity (Wildman–Crippen MR) is 92.3 cm³/mol. The van der Waals surface area contributed by atoms with Crippen LogP contribution in [0, 0.1) is 0 Å². The molecule has 1 fully saturated rings. The van der Waals surface area contributed by atoms with Crippen molar-refractivity contribution in [1.29, 1.82) is 0 Å². The van der Waals surface area contributed by atoms with E-state index >= 15 is 0 Å². The third kappa shape index (κ3) is 5.63. The first-order valence-corrected chi connectivity index (χ1v) is 10.8. The molecule has 1 aliphatic heterocycles. The summed E-state index contributed by atoms with van der Waals surface area (Å²) >= 11 is 0. The monoisotopic (exact) mass is 328 g/mol. The first-order chi connectivity index (χ1) is 9.98. The summed E-state index contributed by atoms with van der Waals surface area (Å²) < 4.78 is 18.2. The van der Waals surface area contributed by atoms with Gasteiger partial charge in [-0.3, -0.25) is 0 Å². The Morgan fingerprint density at radius 1 is 1.32 bits per heavy atom. The lowest BCUT2D eigenvalue weighted by atomic mass is 10.2. The lowest BCUT2D eigenvalue weighted by Gasteiger charge is -2.39. The smallest absolute Gasteiger partial charge is 0.193 e. The second kappa shape index (κ2) is 7.40. The van der Waals surface area contributed by atoms with E-state index in [0.717, 1.165) is 0 Å². The highest BCUT2D eigenvalue weighted by Crippen LogP contribution is 2.39. The van der Waals surface area contributed by atoms with Crippen LogP contribution in [-0.4, -0.2) is 44.6 Å². The molecule has 0 aromatic heterocycles. The van der Waals surface area contributed by atoms with Gasteiger partial charge in [-0.05, 0) is 32.0 Å². The molecule has 128 valence electrons. The third-order valence-electron chi connectivity index (χ3n) is 4.29. The molecule has 0 amide bonds. The van der Waals surface area contributed by atoms with E-state index in [0.29, 0.717) is 6.61 Å². The van der Waals surface area contributed by atoms with Crippen molar-refractivity contribution in [3.05, 3.63) is 24.3 Å². The van der Waals surface area contributed by atoms with E-state index in [2.05, 4.69) is 33.9 Å². The average Bonchev–Trinajstić information content (AvgIpc) is 2.72. The summed E-state index contributed by atoms with van der Waals surface area (Å²) in [6, 6.07) is 0. The number of hydrogen-bond acceptors (Lipinski definition) is 4. The molecule has 1 rings (SSSR count). The minimum Gasteiger partial charge on any atom is -0.408 e. The Morgan fingerprint density at radius 2 is 1.95 bits per heavy atom. The van der Waals surface area contributed by atoms with Gasteiger partial charge in [0.25, 0.3) is 0 Å². The van der Waals surface area contributed by atoms with Crippen molar-refractivity contribution >= 4 is 8.32 Å². The van der Waals surface area contributed by atoms with Crippen molar-refractivity contribution in [2.75, 3.05) is 13.2 Å². The van der Waals surface area contributed by atoms with E-state index in [4.69, 9.17) is 19.0 Å². The third-order valence-corrected chi connectivity index (χ3v) is 8.76. The van der Waals surface area contributed by atoms with Gasteiger partial charge in [0.15, 0.2) is 14.1 Å². The van der Waals surface area contributed by atoms with E-state index in [1.807, 2.05) is 32.1 Å². The van der Waals surface area contributed by atoms with Crippen LogP contribution in [0.1, 0.15) is 34.6 Å². The molecular weight excluding hydrogens is 296 g/mol. The van der Waals surface area contributed by atoms with Crippen LogP contribution in [-0.2, 0) is 13.9 Å². The molecule has 1 N–H and O–H groups in total. The van der Waals surface area contributed by atoms with Crippen molar-refractivity contribution in [2.45, 2.75) is 70.7 Å². The lowest BCUT2D eigenvalue weighted by Crippen LogP contribution is -2.47. The Balaban J connectivity index is 2.88. The zero-order chi connectivity index (χ0) is 17.0. The molecule has 22 heavy (non-hydrogen) atoms. The SMILES string of the molecule is CC1(C)OC[C@H]([C@H](/C=C/C=C/CO)O[Si](C)(C)C(C)(C)C)O1. The lowest BCUT2D eigenvalue weighted by molar-refractivity contribution is -0.146. The largest absolute Gasteiger partial charge is 0.408 e. The minimum atomic E-state index is -1.91. The number of rotatable bonds is 6. The molecule has 1 heterocycles. The van der Waals surface area contributed by atoms with Crippen LogP contribution in [0.4, 0.5) is 0 Å². The normalized spacial score (nSPS) is 24.5. The van der Waals surface area contributed by atoms with Crippen molar-refractivity contribution in [2.24, 2.45) is 0 Å². The van der Waals surface area contributed by atoms with Crippen molar-refractivity contribution in [3.63, 3.8) is 0 Å². The zero-order valence-electron chi connectivity index (χ0n) is 15.1. The Hall–Kier alpha value is -0.463. The van der Waals surface area contributed by atoms with E-state index in [1.54, 1.807) is 6.08 Å². The van der Waals surface area contributed by atoms with Crippen LogP contribution in [0.15, 0.2) is 24.3 Å². The minimum absolute atomic E-state index is 0.0359. The van der Waals surface area contributed by atoms with Crippen LogP contribution in [0.2, 0.25) is 18.1 Å². The molecule has 2 atom stereocenters. The number of ether oxygens (including phenoxy) is 2. The van der Waals surface area contributed by atoms with Gasteiger partial charge in [0.2, 0.25) is 0 Å². The van der Waals surface area contributed by atoms with Gasteiger partial charge in [-0.2, -0.15) is 0 Å². The number of allylic oxidation sites excluding steroid dienone is 2. The van der Waals surface area contributed by atoms with Gasteiger partial charge < -0.3 is 19.0 Å². The van der Waals surface area contributed by atoms with E-state index in [1.165, 1.54) is 0 Å². The molecule has 0 unspecified atom stereocenters. The van der Waals surface area contributed by atoms with Crippen molar-refractivity contribution in [1.82, 2.24) is 0 Å². The highest BCUT2D eigenvalue weighted by molar-refractivity contribution is 6.74. The molecule has 0 radical (unpaired) electrons. The maximum absolute atomic E-state index is 8.81. The molecule has 0 aromatic carbocycles. The van der Waals surface area contributed by atoms with Crippen LogP contribution in [0.3, 0.4) is 0 Å². The molecule has 1 saturated heterocycles. The van der Waals surface area contributed by atoms with Crippen molar-refractivity contribution < 1.29 is 19.0 Å². The maximum Gasteiger partial charge on any atom is 0.193 e. The Morgan fingerprint density at radius 3 is 2.41 bits per heavy atom. The highest BCUT2D eigenvalue weighted by atomic mass is 28.4. The molecule has 0 spiro atoms. The average molecular weight is 329 g/mol. The second-order valence-electron chi connectivity index (χ2n) is 7.71. The van der Waals surface area contributed by atoms with Gasteiger partial charge in [0.1, 0.15) is 6.10 Å².